The van der Waals surface area contributed by atoms with Crippen molar-refractivity contribution < 1.29 is 9.15 Å². The number of hydrogen-bond donors (Lipinski definition) is 0. The zero-order valence-corrected chi connectivity index (χ0v) is 13.6. The largest absolute Gasteiger partial charge is 0.488 e. The monoisotopic (exact) mass is 324 g/mol. The number of rotatable bonds is 5. The highest BCUT2D eigenvalue weighted by atomic mass is 16.5. The number of oxazole rings is 1. The molecule has 0 N–H and O–H groups in total. The predicted octanol–water partition coefficient (Wildman–Crippen LogP) is 2.67. The van der Waals surface area contributed by atoms with Gasteiger partial charge in [0.1, 0.15) is 11.9 Å². The van der Waals surface area contributed by atoms with E-state index in [1.807, 2.05) is 36.4 Å². The quantitative estimate of drug-likeness (QED) is 0.724. The van der Waals surface area contributed by atoms with E-state index in [2.05, 4.69) is 24.0 Å². The van der Waals surface area contributed by atoms with Crippen molar-refractivity contribution in [2.75, 3.05) is 19.6 Å². The molecule has 0 radical (unpaired) electrons. The fraction of sp³-hybridized carbons (Fsp3) is 0.316. The topological polar surface area (TPSA) is 47.6 Å². The lowest BCUT2D eigenvalue weighted by molar-refractivity contribution is 0.0179. The van der Waals surface area contributed by atoms with Crippen molar-refractivity contribution in [2.45, 2.75) is 19.6 Å². The van der Waals surface area contributed by atoms with E-state index in [4.69, 9.17) is 9.15 Å². The summed E-state index contributed by atoms with van der Waals surface area (Å²) < 4.78 is 12.9. The number of nitrogens with zero attached hydrogens (tertiary/aromatic N) is 2. The van der Waals surface area contributed by atoms with Gasteiger partial charge in [-0.3, -0.25) is 9.47 Å². The number of para-hydroxylation sites is 2. The molecule has 4 rings (SSSR count). The summed E-state index contributed by atoms with van der Waals surface area (Å²) in [6, 6.07) is 15.7. The minimum absolute atomic E-state index is 0.226. The maximum absolute atomic E-state index is 11.9. The van der Waals surface area contributed by atoms with Crippen LogP contribution in [0.4, 0.5) is 0 Å². The van der Waals surface area contributed by atoms with Crippen LogP contribution in [0, 0.1) is 6.92 Å². The lowest BCUT2D eigenvalue weighted by Crippen LogP contribution is -2.54. The third kappa shape index (κ3) is 2.95. The summed E-state index contributed by atoms with van der Waals surface area (Å²) in [5.74, 6) is 0.640. The molecule has 0 unspecified atom stereocenters. The number of fused-ring (bicyclic) bond motifs is 1. The van der Waals surface area contributed by atoms with Gasteiger partial charge in [0.15, 0.2) is 5.58 Å². The molecule has 0 spiro atoms. The second kappa shape index (κ2) is 6.17. The van der Waals surface area contributed by atoms with Crippen LogP contribution in [0.5, 0.6) is 5.75 Å². The number of aryl methyl sites for hydroxylation is 1. The van der Waals surface area contributed by atoms with Crippen LogP contribution in [0.1, 0.15) is 5.56 Å². The fourth-order valence-electron chi connectivity index (χ4n) is 3.13. The lowest BCUT2D eigenvalue weighted by Gasteiger charge is -2.39. The zero-order valence-electron chi connectivity index (χ0n) is 13.6. The van der Waals surface area contributed by atoms with Crippen molar-refractivity contribution >= 4 is 11.1 Å². The maximum Gasteiger partial charge on any atom is 0.419 e. The van der Waals surface area contributed by atoms with E-state index in [1.165, 1.54) is 5.56 Å². The molecule has 0 bridgehead atoms. The third-order valence-corrected chi connectivity index (χ3v) is 4.43. The van der Waals surface area contributed by atoms with Gasteiger partial charge in [-0.25, -0.2) is 4.79 Å². The first-order valence-corrected chi connectivity index (χ1v) is 8.23. The first kappa shape index (κ1) is 15.0. The summed E-state index contributed by atoms with van der Waals surface area (Å²) >= 11 is 0. The van der Waals surface area contributed by atoms with Crippen LogP contribution in [-0.4, -0.2) is 35.2 Å². The average Bonchev–Trinajstić information content (AvgIpc) is 2.85. The van der Waals surface area contributed by atoms with Crippen molar-refractivity contribution in [1.29, 1.82) is 0 Å². The molecule has 2 aromatic carbocycles. The van der Waals surface area contributed by atoms with Crippen molar-refractivity contribution in [3.05, 3.63) is 64.6 Å². The summed E-state index contributed by atoms with van der Waals surface area (Å²) in [5, 5.41) is 0. The summed E-state index contributed by atoms with van der Waals surface area (Å²) in [7, 11) is 0. The van der Waals surface area contributed by atoms with E-state index >= 15 is 0 Å². The highest BCUT2D eigenvalue weighted by molar-refractivity contribution is 5.72. The number of likely N-dealkylation sites (tertiary alicyclic amines) is 1. The fourth-order valence-corrected chi connectivity index (χ4v) is 3.13. The molecular weight excluding hydrogens is 304 g/mol. The Kier molecular flexibility index (Phi) is 3.86. The van der Waals surface area contributed by atoms with Gasteiger partial charge in [-0.1, -0.05) is 24.3 Å². The van der Waals surface area contributed by atoms with Crippen LogP contribution in [0.15, 0.2) is 57.7 Å². The molecule has 1 fully saturated rings. The predicted molar refractivity (Wildman–Crippen MR) is 92.5 cm³/mol. The molecule has 24 heavy (non-hydrogen) atoms. The molecule has 1 aromatic heterocycles. The van der Waals surface area contributed by atoms with Crippen LogP contribution in [0.2, 0.25) is 0 Å². The van der Waals surface area contributed by atoms with Crippen molar-refractivity contribution in [3.63, 3.8) is 0 Å². The molecule has 0 saturated carbocycles. The van der Waals surface area contributed by atoms with Crippen LogP contribution in [0.3, 0.4) is 0 Å². The first-order valence-electron chi connectivity index (χ1n) is 8.23. The standard InChI is InChI=1S/C19H20N2O3/c1-14-5-4-6-15(11-14)23-16-12-20(13-16)9-10-21-17-7-2-3-8-18(17)24-19(21)22/h2-8,11,16H,9-10,12-13H2,1H3. The number of aromatic nitrogens is 1. The van der Waals surface area contributed by atoms with E-state index in [9.17, 15) is 4.79 Å². The molecule has 124 valence electrons. The van der Waals surface area contributed by atoms with E-state index in [0.29, 0.717) is 12.1 Å². The molecule has 1 saturated heterocycles. The number of ether oxygens (including phenoxy) is 1. The Hall–Kier alpha value is -2.53. The Morgan fingerprint density at radius 2 is 1.96 bits per heavy atom. The van der Waals surface area contributed by atoms with Gasteiger partial charge in [-0.2, -0.15) is 0 Å². The number of hydrogen-bond acceptors (Lipinski definition) is 4. The van der Waals surface area contributed by atoms with Crippen molar-refractivity contribution in [1.82, 2.24) is 9.47 Å². The summed E-state index contributed by atoms with van der Waals surface area (Å²) in [6.07, 6.45) is 0.226. The van der Waals surface area contributed by atoms with Gasteiger partial charge < -0.3 is 9.15 Å². The Bertz CT molecular complexity index is 906. The minimum atomic E-state index is -0.288. The molecule has 5 nitrogen and oxygen atoms in total. The smallest absolute Gasteiger partial charge is 0.419 e. The van der Waals surface area contributed by atoms with Gasteiger partial charge in [0.2, 0.25) is 0 Å². The molecule has 1 aliphatic rings. The van der Waals surface area contributed by atoms with Crippen molar-refractivity contribution in [3.8, 4) is 5.75 Å². The Morgan fingerprint density at radius 1 is 1.12 bits per heavy atom. The molecular formula is C19H20N2O3. The van der Waals surface area contributed by atoms with Crippen LogP contribution < -0.4 is 10.5 Å². The van der Waals surface area contributed by atoms with Crippen LogP contribution in [-0.2, 0) is 6.54 Å². The van der Waals surface area contributed by atoms with E-state index < -0.39 is 0 Å². The maximum atomic E-state index is 11.9. The van der Waals surface area contributed by atoms with E-state index in [0.717, 1.165) is 30.9 Å². The van der Waals surface area contributed by atoms with Gasteiger partial charge >= 0.3 is 5.76 Å². The van der Waals surface area contributed by atoms with Gasteiger partial charge in [-0.15, -0.1) is 0 Å². The van der Waals surface area contributed by atoms with E-state index in [-0.39, 0.29) is 11.9 Å². The Labute approximate surface area is 140 Å². The molecule has 1 aliphatic heterocycles. The number of benzene rings is 2. The van der Waals surface area contributed by atoms with E-state index in [1.54, 1.807) is 4.57 Å². The molecule has 3 aromatic rings. The Morgan fingerprint density at radius 3 is 2.79 bits per heavy atom. The third-order valence-electron chi connectivity index (χ3n) is 4.43. The van der Waals surface area contributed by atoms with Crippen LogP contribution in [0.25, 0.3) is 11.1 Å². The van der Waals surface area contributed by atoms with Gasteiger partial charge in [0.25, 0.3) is 0 Å². The minimum Gasteiger partial charge on any atom is -0.488 e. The summed E-state index contributed by atoms with van der Waals surface area (Å²) in [6.45, 7) is 5.29. The molecule has 0 aliphatic carbocycles. The highest BCUT2D eigenvalue weighted by Gasteiger charge is 2.28. The Balaban J connectivity index is 1.32. The van der Waals surface area contributed by atoms with Gasteiger partial charge in [-0.05, 0) is 36.8 Å². The second-order valence-corrected chi connectivity index (χ2v) is 6.30. The second-order valence-electron chi connectivity index (χ2n) is 6.30. The summed E-state index contributed by atoms with van der Waals surface area (Å²) in [4.78, 5) is 14.2. The molecule has 5 heteroatoms. The lowest BCUT2D eigenvalue weighted by atomic mass is 10.1. The summed E-state index contributed by atoms with van der Waals surface area (Å²) in [5.41, 5.74) is 2.71. The SMILES string of the molecule is Cc1cccc(OC2CN(CCn3c(=O)oc4ccccc43)C2)c1. The molecule has 2 heterocycles. The molecule has 0 amide bonds. The normalized spacial score (nSPS) is 15.5. The van der Waals surface area contributed by atoms with Crippen LogP contribution >= 0.6 is 0 Å². The zero-order chi connectivity index (χ0) is 16.5. The van der Waals surface area contributed by atoms with Gasteiger partial charge in [0, 0.05) is 26.2 Å². The first-order chi connectivity index (χ1) is 11.7. The molecule has 0 atom stereocenters. The average molecular weight is 324 g/mol. The highest BCUT2D eigenvalue weighted by Crippen LogP contribution is 2.19. The van der Waals surface area contributed by atoms with Crippen molar-refractivity contribution in [2.24, 2.45) is 0 Å². The van der Waals surface area contributed by atoms with Gasteiger partial charge in [0.05, 0.1) is 5.52 Å².